The van der Waals surface area contributed by atoms with Gasteiger partial charge in [-0.2, -0.15) is 0 Å². The molecule has 0 amide bonds. The molecule has 0 unspecified atom stereocenters. The summed E-state index contributed by atoms with van der Waals surface area (Å²) in [5, 5.41) is 2.19. The molecule has 0 saturated heterocycles. The van der Waals surface area contributed by atoms with Crippen molar-refractivity contribution in [1.29, 1.82) is 0 Å². The van der Waals surface area contributed by atoms with Crippen molar-refractivity contribution in [3.8, 4) is 0 Å². The summed E-state index contributed by atoms with van der Waals surface area (Å²) in [5.41, 5.74) is 2.18. The lowest BCUT2D eigenvalue weighted by molar-refractivity contribution is 0.633. The van der Waals surface area contributed by atoms with Crippen LogP contribution >= 0.6 is 34.4 Å². The molecular weight excluding hydrogens is 436 g/mol. The molecule has 0 atom stereocenters. The summed E-state index contributed by atoms with van der Waals surface area (Å²) >= 11 is 4.67. The van der Waals surface area contributed by atoms with Crippen molar-refractivity contribution in [2.45, 2.75) is 63.9 Å². The Kier molecular flexibility index (Phi) is 5.07. The minimum atomic E-state index is -0.0975. The highest BCUT2D eigenvalue weighted by atomic mass is 32.2. The van der Waals surface area contributed by atoms with Crippen LogP contribution in [0.1, 0.15) is 46.5 Å². The van der Waals surface area contributed by atoms with Crippen molar-refractivity contribution in [3.05, 3.63) is 47.4 Å². The second-order valence-electron chi connectivity index (χ2n) is 7.60. The zero-order valence-electron chi connectivity index (χ0n) is 17.1. The van der Waals surface area contributed by atoms with Crippen LogP contribution < -0.4 is 11.1 Å². The molecule has 0 spiro atoms. The molecule has 9 heteroatoms. The van der Waals surface area contributed by atoms with E-state index in [1.54, 1.807) is 27.2 Å². The van der Waals surface area contributed by atoms with Gasteiger partial charge in [0.15, 0.2) is 5.16 Å². The Morgan fingerprint density at radius 2 is 1.83 bits per heavy atom. The summed E-state index contributed by atoms with van der Waals surface area (Å²) in [6, 6.07) is 0. The van der Waals surface area contributed by atoms with E-state index in [-0.39, 0.29) is 11.1 Å². The number of thiophene rings is 2. The van der Waals surface area contributed by atoms with Gasteiger partial charge in [0.25, 0.3) is 11.1 Å². The van der Waals surface area contributed by atoms with E-state index in [4.69, 9.17) is 4.98 Å². The molecule has 1 aliphatic rings. The molecule has 4 aromatic heterocycles. The third-order valence-corrected chi connectivity index (χ3v) is 9.06. The van der Waals surface area contributed by atoms with E-state index >= 15 is 0 Å². The maximum Gasteiger partial charge on any atom is 0.263 e. The lowest BCUT2D eigenvalue weighted by atomic mass is 9.97. The highest BCUT2D eigenvalue weighted by Crippen LogP contribution is 2.35. The third kappa shape index (κ3) is 3.14. The standard InChI is InChI=1S/C21H22N4O2S3/c1-4-25-20(27)16-12-7-5-6-8-13(12)30-19(16)24-21(25)28-9-14-22-17(26)15-10(2)11(3)29-18(15)23-14/h4-9H2,1-3H3,(H,22,23,26). The zero-order valence-corrected chi connectivity index (χ0v) is 19.6. The molecule has 0 aliphatic heterocycles. The van der Waals surface area contributed by atoms with Gasteiger partial charge < -0.3 is 4.98 Å². The monoisotopic (exact) mass is 458 g/mol. The van der Waals surface area contributed by atoms with Crippen LogP contribution in [0.4, 0.5) is 0 Å². The minimum Gasteiger partial charge on any atom is -0.309 e. The third-order valence-electron chi connectivity index (χ3n) is 5.78. The number of nitrogens with one attached hydrogen (secondary N) is 1. The van der Waals surface area contributed by atoms with Gasteiger partial charge in [-0.3, -0.25) is 14.2 Å². The average molecular weight is 459 g/mol. The molecule has 0 fully saturated rings. The highest BCUT2D eigenvalue weighted by molar-refractivity contribution is 7.98. The number of nitrogens with zero attached hydrogens (tertiary/aromatic N) is 3. The number of H-pyrrole nitrogens is 1. The van der Waals surface area contributed by atoms with Gasteiger partial charge in [-0.1, -0.05) is 11.8 Å². The van der Waals surface area contributed by atoms with E-state index in [1.165, 1.54) is 28.6 Å². The van der Waals surface area contributed by atoms with E-state index in [1.807, 2.05) is 20.8 Å². The van der Waals surface area contributed by atoms with Gasteiger partial charge in [0, 0.05) is 16.3 Å². The van der Waals surface area contributed by atoms with E-state index < -0.39 is 0 Å². The number of thioether (sulfide) groups is 1. The minimum absolute atomic E-state index is 0.0609. The van der Waals surface area contributed by atoms with Crippen LogP contribution in [0.15, 0.2) is 14.7 Å². The highest BCUT2D eigenvalue weighted by Gasteiger charge is 2.22. The Hall–Kier alpha value is -1.97. The molecule has 4 aromatic rings. The first-order valence-corrected chi connectivity index (χ1v) is 12.8. The van der Waals surface area contributed by atoms with Crippen LogP contribution in [0.5, 0.6) is 0 Å². The summed E-state index contributed by atoms with van der Waals surface area (Å²) in [6.07, 6.45) is 4.36. The van der Waals surface area contributed by atoms with Gasteiger partial charge in [-0.15, -0.1) is 22.7 Å². The maximum absolute atomic E-state index is 13.2. The van der Waals surface area contributed by atoms with E-state index in [0.29, 0.717) is 28.7 Å². The quantitative estimate of drug-likeness (QED) is 0.358. The normalized spacial score (nSPS) is 14.0. The van der Waals surface area contributed by atoms with Crippen LogP contribution in [0.3, 0.4) is 0 Å². The molecule has 156 valence electrons. The van der Waals surface area contributed by atoms with Crippen molar-refractivity contribution < 1.29 is 0 Å². The number of aromatic amines is 1. The summed E-state index contributed by atoms with van der Waals surface area (Å²) in [5.74, 6) is 1.07. The van der Waals surface area contributed by atoms with E-state index in [0.717, 1.165) is 44.8 Å². The molecule has 5 rings (SSSR count). The van der Waals surface area contributed by atoms with Crippen LogP contribution in [0, 0.1) is 13.8 Å². The molecule has 0 aromatic carbocycles. The summed E-state index contributed by atoms with van der Waals surface area (Å²) in [7, 11) is 0. The van der Waals surface area contributed by atoms with Gasteiger partial charge in [0.05, 0.1) is 16.5 Å². The Morgan fingerprint density at radius 1 is 1.07 bits per heavy atom. The SMILES string of the molecule is CCn1c(SCc2nc3sc(C)c(C)c3c(=O)[nH]2)nc2sc3c(c2c1=O)CCCC3. The fourth-order valence-electron chi connectivity index (χ4n) is 4.11. The molecule has 0 radical (unpaired) electrons. The molecule has 6 nitrogen and oxygen atoms in total. The Labute approximate surface area is 185 Å². The van der Waals surface area contributed by atoms with Gasteiger partial charge >= 0.3 is 0 Å². The van der Waals surface area contributed by atoms with Crippen molar-refractivity contribution in [1.82, 2.24) is 19.5 Å². The van der Waals surface area contributed by atoms with Gasteiger partial charge in [0.1, 0.15) is 15.5 Å². The van der Waals surface area contributed by atoms with E-state index in [2.05, 4.69) is 9.97 Å². The van der Waals surface area contributed by atoms with Crippen LogP contribution in [-0.2, 0) is 25.1 Å². The smallest absolute Gasteiger partial charge is 0.263 e. The molecule has 30 heavy (non-hydrogen) atoms. The molecule has 4 heterocycles. The second kappa shape index (κ2) is 7.62. The largest absolute Gasteiger partial charge is 0.309 e. The predicted molar refractivity (Wildman–Crippen MR) is 125 cm³/mol. The second-order valence-corrected chi connectivity index (χ2v) is 10.8. The van der Waals surface area contributed by atoms with Crippen molar-refractivity contribution in [2.24, 2.45) is 0 Å². The van der Waals surface area contributed by atoms with Crippen molar-refractivity contribution in [2.75, 3.05) is 0 Å². The topological polar surface area (TPSA) is 80.6 Å². The van der Waals surface area contributed by atoms with Gasteiger partial charge in [0.2, 0.25) is 0 Å². The molecule has 1 N–H and O–H groups in total. The molecule has 0 saturated carbocycles. The van der Waals surface area contributed by atoms with E-state index in [9.17, 15) is 9.59 Å². The van der Waals surface area contributed by atoms with Crippen LogP contribution in [-0.4, -0.2) is 19.5 Å². The summed E-state index contributed by atoms with van der Waals surface area (Å²) in [6.45, 7) is 6.51. The Bertz CT molecular complexity index is 1410. The summed E-state index contributed by atoms with van der Waals surface area (Å²) < 4.78 is 1.75. The molecule has 1 aliphatic carbocycles. The number of fused-ring (bicyclic) bond motifs is 4. The first-order valence-electron chi connectivity index (χ1n) is 10.1. The number of aryl methyl sites for hydroxylation is 4. The molecule has 0 bridgehead atoms. The fraction of sp³-hybridized carbons (Fsp3) is 0.429. The average Bonchev–Trinajstić information content (AvgIpc) is 3.23. The van der Waals surface area contributed by atoms with Gasteiger partial charge in [-0.25, -0.2) is 9.97 Å². The number of hydrogen-bond donors (Lipinski definition) is 1. The number of rotatable bonds is 4. The Balaban J connectivity index is 1.53. The lowest BCUT2D eigenvalue weighted by Crippen LogP contribution is -2.23. The lowest BCUT2D eigenvalue weighted by Gasteiger charge is -2.12. The molecular formula is C21H22N4O2S3. The van der Waals surface area contributed by atoms with Crippen molar-refractivity contribution >= 4 is 54.9 Å². The summed E-state index contributed by atoms with van der Waals surface area (Å²) in [4.78, 5) is 42.3. The van der Waals surface area contributed by atoms with Crippen molar-refractivity contribution in [3.63, 3.8) is 0 Å². The van der Waals surface area contributed by atoms with Crippen LogP contribution in [0.2, 0.25) is 0 Å². The zero-order chi connectivity index (χ0) is 21.0. The first kappa shape index (κ1) is 20.0. The predicted octanol–water partition coefficient (Wildman–Crippen LogP) is 4.56. The Morgan fingerprint density at radius 3 is 2.63 bits per heavy atom. The van der Waals surface area contributed by atoms with Crippen LogP contribution in [0.25, 0.3) is 20.4 Å². The fourth-order valence-corrected chi connectivity index (χ4v) is 7.39. The first-order chi connectivity index (χ1) is 14.5. The number of aromatic nitrogens is 4. The maximum atomic E-state index is 13.2. The van der Waals surface area contributed by atoms with Gasteiger partial charge in [-0.05, 0) is 57.6 Å². The number of hydrogen-bond acceptors (Lipinski definition) is 7.